The van der Waals surface area contributed by atoms with Crippen LogP contribution in [0.3, 0.4) is 0 Å². The average molecular weight is 284 g/mol. The third kappa shape index (κ3) is 3.99. The van der Waals surface area contributed by atoms with E-state index in [2.05, 4.69) is 17.4 Å². The van der Waals surface area contributed by atoms with Crippen LogP contribution in [0.1, 0.15) is 22.3 Å². The number of rotatable bonds is 6. The van der Waals surface area contributed by atoms with Gasteiger partial charge in [-0.05, 0) is 30.5 Å². The van der Waals surface area contributed by atoms with E-state index in [-0.39, 0.29) is 0 Å². The Kier molecular flexibility index (Phi) is 5.21. The number of nitrogen functional groups attached to an aromatic ring is 1. The number of ether oxygens (including phenoxy) is 1. The zero-order valence-corrected chi connectivity index (χ0v) is 12.1. The number of nitrogens with two attached hydrogens (primary N) is 1. The van der Waals surface area contributed by atoms with Gasteiger partial charge in [0.15, 0.2) is 0 Å². The van der Waals surface area contributed by atoms with Crippen LogP contribution in [0.4, 0.5) is 11.4 Å². The Morgan fingerprint density at radius 3 is 2.62 bits per heavy atom. The van der Waals surface area contributed by atoms with Crippen molar-refractivity contribution in [3.8, 4) is 0 Å². The van der Waals surface area contributed by atoms with Gasteiger partial charge in [0.05, 0.1) is 24.0 Å². The van der Waals surface area contributed by atoms with Crippen LogP contribution in [0.5, 0.6) is 0 Å². The largest absolute Gasteiger partial charge is 0.465 e. The molecule has 0 amide bonds. The second-order valence-corrected chi connectivity index (χ2v) is 4.77. The Bertz CT molecular complexity index is 597. The Hall–Kier alpha value is -2.49. The summed E-state index contributed by atoms with van der Waals surface area (Å²) in [4.78, 5) is 11.6. The van der Waals surface area contributed by atoms with Gasteiger partial charge in [0.2, 0.25) is 0 Å². The molecule has 0 atom stereocenters. The van der Waals surface area contributed by atoms with Crippen molar-refractivity contribution in [1.29, 1.82) is 0 Å². The van der Waals surface area contributed by atoms with Gasteiger partial charge < -0.3 is 15.8 Å². The van der Waals surface area contributed by atoms with E-state index < -0.39 is 5.97 Å². The Labute approximate surface area is 124 Å². The minimum atomic E-state index is -0.416. The Balaban J connectivity index is 1.90. The predicted molar refractivity (Wildman–Crippen MR) is 85.4 cm³/mol. The molecule has 0 aromatic heterocycles. The van der Waals surface area contributed by atoms with Crippen molar-refractivity contribution in [2.24, 2.45) is 0 Å². The maximum Gasteiger partial charge on any atom is 0.340 e. The lowest BCUT2D eigenvalue weighted by Crippen LogP contribution is -2.10. The molecule has 110 valence electrons. The number of anilines is 2. The van der Waals surface area contributed by atoms with E-state index in [0.717, 1.165) is 25.1 Å². The van der Waals surface area contributed by atoms with Gasteiger partial charge in [0, 0.05) is 6.54 Å². The second-order valence-electron chi connectivity index (χ2n) is 4.77. The van der Waals surface area contributed by atoms with Gasteiger partial charge in [-0.1, -0.05) is 36.4 Å². The van der Waals surface area contributed by atoms with E-state index in [4.69, 9.17) is 10.5 Å². The quantitative estimate of drug-likeness (QED) is 0.486. The molecular weight excluding hydrogens is 264 g/mol. The number of hydrogen-bond donors (Lipinski definition) is 2. The smallest absolute Gasteiger partial charge is 0.340 e. The minimum absolute atomic E-state index is 0.394. The number of carbonyl (C=O) groups is 1. The van der Waals surface area contributed by atoms with E-state index in [0.29, 0.717) is 11.3 Å². The lowest BCUT2D eigenvalue weighted by molar-refractivity contribution is 0.0602. The molecule has 0 fully saturated rings. The molecule has 0 bridgehead atoms. The van der Waals surface area contributed by atoms with Gasteiger partial charge in [-0.3, -0.25) is 0 Å². The molecule has 0 radical (unpaired) electrons. The van der Waals surface area contributed by atoms with Crippen LogP contribution in [-0.2, 0) is 11.2 Å². The number of esters is 1. The van der Waals surface area contributed by atoms with Crippen molar-refractivity contribution in [1.82, 2.24) is 0 Å². The fraction of sp³-hybridized carbons (Fsp3) is 0.235. The summed E-state index contributed by atoms with van der Waals surface area (Å²) in [5.74, 6) is -0.416. The normalized spacial score (nSPS) is 10.1. The maximum absolute atomic E-state index is 11.6. The van der Waals surface area contributed by atoms with Gasteiger partial charge in [0.25, 0.3) is 0 Å². The van der Waals surface area contributed by atoms with E-state index in [9.17, 15) is 4.79 Å². The van der Waals surface area contributed by atoms with Crippen LogP contribution in [0.25, 0.3) is 0 Å². The molecule has 0 saturated carbocycles. The molecule has 4 nitrogen and oxygen atoms in total. The van der Waals surface area contributed by atoms with E-state index in [1.165, 1.54) is 12.7 Å². The van der Waals surface area contributed by atoms with Gasteiger partial charge >= 0.3 is 5.97 Å². The molecule has 2 rings (SSSR count). The number of para-hydroxylation sites is 1. The Morgan fingerprint density at radius 1 is 1.14 bits per heavy atom. The van der Waals surface area contributed by atoms with Crippen LogP contribution < -0.4 is 11.1 Å². The highest BCUT2D eigenvalue weighted by molar-refractivity contribution is 5.98. The third-order valence-corrected chi connectivity index (χ3v) is 3.31. The summed E-state index contributed by atoms with van der Waals surface area (Å²) in [6, 6.07) is 15.7. The summed E-state index contributed by atoms with van der Waals surface area (Å²) >= 11 is 0. The summed E-state index contributed by atoms with van der Waals surface area (Å²) < 4.78 is 4.71. The molecular formula is C17H20N2O2. The average Bonchev–Trinajstić information content (AvgIpc) is 2.53. The van der Waals surface area contributed by atoms with Crippen LogP contribution in [-0.4, -0.2) is 19.6 Å². The van der Waals surface area contributed by atoms with Gasteiger partial charge in [-0.2, -0.15) is 0 Å². The maximum atomic E-state index is 11.6. The minimum Gasteiger partial charge on any atom is -0.465 e. The SMILES string of the molecule is COC(=O)c1cccc(NCCCc2ccccc2)c1N. The first kappa shape index (κ1) is 14.9. The van der Waals surface area contributed by atoms with Crippen LogP contribution in [0, 0.1) is 0 Å². The molecule has 0 aliphatic rings. The molecule has 21 heavy (non-hydrogen) atoms. The topological polar surface area (TPSA) is 64.3 Å². The molecule has 2 aromatic rings. The van der Waals surface area contributed by atoms with Crippen molar-refractivity contribution >= 4 is 17.3 Å². The third-order valence-electron chi connectivity index (χ3n) is 3.31. The van der Waals surface area contributed by atoms with Crippen LogP contribution in [0.2, 0.25) is 0 Å². The number of methoxy groups -OCH3 is 1. The van der Waals surface area contributed by atoms with Crippen LogP contribution >= 0.6 is 0 Å². The molecule has 0 aliphatic carbocycles. The number of benzene rings is 2. The molecule has 2 aromatic carbocycles. The number of hydrogen-bond acceptors (Lipinski definition) is 4. The molecule has 0 heterocycles. The monoisotopic (exact) mass is 284 g/mol. The fourth-order valence-electron chi connectivity index (χ4n) is 2.17. The van der Waals surface area contributed by atoms with E-state index in [1.807, 2.05) is 24.3 Å². The first-order chi connectivity index (χ1) is 10.2. The molecule has 0 unspecified atom stereocenters. The lowest BCUT2D eigenvalue weighted by Gasteiger charge is -2.12. The highest BCUT2D eigenvalue weighted by Crippen LogP contribution is 2.23. The number of carbonyl (C=O) groups excluding carboxylic acids is 1. The lowest BCUT2D eigenvalue weighted by atomic mass is 10.1. The van der Waals surface area contributed by atoms with Crippen molar-refractivity contribution in [2.45, 2.75) is 12.8 Å². The number of nitrogens with one attached hydrogen (secondary N) is 1. The van der Waals surface area contributed by atoms with Crippen LogP contribution in [0.15, 0.2) is 48.5 Å². The van der Waals surface area contributed by atoms with Crippen molar-refractivity contribution < 1.29 is 9.53 Å². The van der Waals surface area contributed by atoms with Gasteiger partial charge in [-0.25, -0.2) is 4.79 Å². The summed E-state index contributed by atoms with van der Waals surface area (Å²) in [6.07, 6.45) is 2.00. The highest BCUT2D eigenvalue weighted by Gasteiger charge is 2.12. The Morgan fingerprint density at radius 2 is 1.90 bits per heavy atom. The highest BCUT2D eigenvalue weighted by atomic mass is 16.5. The van der Waals surface area contributed by atoms with Gasteiger partial charge in [-0.15, -0.1) is 0 Å². The summed E-state index contributed by atoms with van der Waals surface area (Å²) in [7, 11) is 1.35. The molecule has 3 N–H and O–H groups in total. The summed E-state index contributed by atoms with van der Waals surface area (Å²) in [5.41, 5.74) is 8.90. The van der Waals surface area contributed by atoms with Gasteiger partial charge in [0.1, 0.15) is 0 Å². The molecule has 4 heteroatoms. The van der Waals surface area contributed by atoms with Crippen molar-refractivity contribution in [2.75, 3.05) is 24.7 Å². The van der Waals surface area contributed by atoms with E-state index in [1.54, 1.807) is 12.1 Å². The van der Waals surface area contributed by atoms with Crippen molar-refractivity contribution in [3.05, 3.63) is 59.7 Å². The first-order valence-corrected chi connectivity index (χ1v) is 6.97. The predicted octanol–water partition coefficient (Wildman–Crippen LogP) is 3.10. The second kappa shape index (κ2) is 7.33. The molecule has 0 saturated heterocycles. The fourth-order valence-corrected chi connectivity index (χ4v) is 2.17. The molecule has 0 aliphatic heterocycles. The zero-order chi connectivity index (χ0) is 15.1. The molecule has 0 spiro atoms. The zero-order valence-electron chi connectivity index (χ0n) is 12.1. The summed E-state index contributed by atoms with van der Waals surface area (Å²) in [6.45, 7) is 0.795. The van der Waals surface area contributed by atoms with E-state index >= 15 is 0 Å². The standard InChI is InChI=1S/C17H20N2O2/c1-21-17(20)14-10-5-11-15(16(14)18)19-12-6-9-13-7-3-2-4-8-13/h2-5,7-8,10-11,19H,6,9,12,18H2,1H3. The van der Waals surface area contributed by atoms with Crippen molar-refractivity contribution in [3.63, 3.8) is 0 Å². The summed E-state index contributed by atoms with van der Waals surface area (Å²) in [5, 5.41) is 3.27. The first-order valence-electron chi connectivity index (χ1n) is 6.97. The number of aryl methyl sites for hydroxylation is 1.